The number of aromatic nitrogens is 2. The number of benzene rings is 1. The maximum atomic E-state index is 12.1. The van der Waals surface area contributed by atoms with E-state index in [9.17, 15) is 4.79 Å². The first-order valence-corrected chi connectivity index (χ1v) is 9.91. The summed E-state index contributed by atoms with van der Waals surface area (Å²) in [7, 11) is 3.55. The Labute approximate surface area is 168 Å². The van der Waals surface area contributed by atoms with Gasteiger partial charge in [-0.3, -0.25) is 4.90 Å². The van der Waals surface area contributed by atoms with Crippen LogP contribution in [0.25, 0.3) is 11.4 Å². The zero-order valence-electron chi connectivity index (χ0n) is 17.5. The van der Waals surface area contributed by atoms with Gasteiger partial charge in [0.25, 0.3) is 0 Å². The summed E-state index contributed by atoms with van der Waals surface area (Å²) in [6.45, 7) is 9.14. The molecule has 6 nitrogen and oxygen atoms in total. The van der Waals surface area contributed by atoms with Crippen LogP contribution in [0.1, 0.15) is 25.0 Å². The lowest BCUT2D eigenvalue weighted by molar-refractivity contribution is 0.207. The SMILES string of the molecule is Cc1cccc(-c2ncc(CN3C[C@@H](NC(=O)N(C)C)[C@H](C(C)C)C3)cn2)c1. The summed E-state index contributed by atoms with van der Waals surface area (Å²) >= 11 is 0. The summed E-state index contributed by atoms with van der Waals surface area (Å²) in [5, 5.41) is 3.18. The third kappa shape index (κ3) is 4.87. The van der Waals surface area contributed by atoms with Gasteiger partial charge in [-0.1, -0.05) is 37.6 Å². The first kappa shape index (κ1) is 20.3. The fraction of sp³-hybridized carbons (Fsp3) is 0.500. The Hall–Kier alpha value is -2.47. The van der Waals surface area contributed by atoms with Crippen LogP contribution in [0, 0.1) is 18.8 Å². The minimum Gasteiger partial charge on any atom is -0.334 e. The molecule has 2 aromatic rings. The Morgan fingerprint density at radius 3 is 2.57 bits per heavy atom. The largest absolute Gasteiger partial charge is 0.334 e. The highest BCUT2D eigenvalue weighted by Crippen LogP contribution is 2.26. The molecule has 2 amide bonds. The lowest BCUT2D eigenvalue weighted by atomic mass is 9.91. The maximum absolute atomic E-state index is 12.1. The molecule has 0 bridgehead atoms. The van der Waals surface area contributed by atoms with Gasteiger partial charge < -0.3 is 10.2 Å². The molecule has 0 spiro atoms. The van der Waals surface area contributed by atoms with Crippen LogP contribution in [-0.4, -0.2) is 59.0 Å². The maximum Gasteiger partial charge on any atom is 0.317 e. The molecular weight excluding hydrogens is 350 g/mol. The van der Waals surface area contributed by atoms with E-state index in [1.165, 1.54) is 5.56 Å². The van der Waals surface area contributed by atoms with E-state index in [4.69, 9.17) is 0 Å². The van der Waals surface area contributed by atoms with Crippen molar-refractivity contribution in [1.82, 2.24) is 25.1 Å². The van der Waals surface area contributed by atoms with E-state index in [0.717, 1.165) is 36.6 Å². The number of amides is 2. The number of nitrogens with zero attached hydrogens (tertiary/aromatic N) is 4. The topological polar surface area (TPSA) is 61.4 Å². The predicted octanol–water partition coefficient (Wildman–Crippen LogP) is 3.18. The highest BCUT2D eigenvalue weighted by atomic mass is 16.2. The number of nitrogens with one attached hydrogen (secondary N) is 1. The molecule has 1 aromatic carbocycles. The van der Waals surface area contributed by atoms with Crippen molar-refractivity contribution >= 4 is 6.03 Å². The Kier molecular flexibility index (Phi) is 6.29. The minimum atomic E-state index is -0.0247. The molecule has 0 unspecified atom stereocenters. The highest BCUT2D eigenvalue weighted by molar-refractivity contribution is 5.74. The molecule has 0 radical (unpaired) electrons. The van der Waals surface area contributed by atoms with Crippen LogP contribution in [0.3, 0.4) is 0 Å². The van der Waals surface area contributed by atoms with Crippen LogP contribution in [0.15, 0.2) is 36.7 Å². The fourth-order valence-electron chi connectivity index (χ4n) is 3.79. The lowest BCUT2D eigenvalue weighted by Gasteiger charge is -2.24. The van der Waals surface area contributed by atoms with Crippen molar-refractivity contribution in [2.24, 2.45) is 11.8 Å². The number of aryl methyl sites for hydroxylation is 1. The Morgan fingerprint density at radius 1 is 1.25 bits per heavy atom. The van der Waals surface area contributed by atoms with Crippen molar-refractivity contribution in [1.29, 1.82) is 0 Å². The number of likely N-dealkylation sites (tertiary alicyclic amines) is 1. The van der Waals surface area contributed by atoms with Gasteiger partial charge in [0.2, 0.25) is 0 Å². The first-order valence-electron chi connectivity index (χ1n) is 9.91. The van der Waals surface area contributed by atoms with Crippen molar-refractivity contribution in [3.8, 4) is 11.4 Å². The molecule has 2 atom stereocenters. The normalized spacial score (nSPS) is 19.8. The second-order valence-corrected chi connectivity index (χ2v) is 8.34. The van der Waals surface area contributed by atoms with E-state index < -0.39 is 0 Å². The molecule has 1 N–H and O–H groups in total. The van der Waals surface area contributed by atoms with E-state index in [-0.39, 0.29) is 12.1 Å². The number of urea groups is 1. The Balaban J connectivity index is 1.65. The minimum absolute atomic E-state index is 0.0247. The van der Waals surface area contributed by atoms with Crippen LogP contribution in [-0.2, 0) is 6.54 Å². The summed E-state index contributed by atoms with van der Waals surface area (Å²) in [5.41, 5.74) is 3.34. The number of carbonyl (C=O) groups is 1. The Bertz CT molecular complexity index is 803. The van der Waals surface area contributed by atoms with E-state index in [1.807, 2.05) is 24.5 Å². The van der Waals surface area contributed by atoms with E-state index in [0.29, 0.717) is 11.8 Å². The third-order valence-electron chi connectivity index (χ3n) is 5.40. The zero-order chi connectivity index (χ0) is 20.3. The quantitative estimate of drug-likeness (QED) is 0.864. The predicted molar refractivity (Wildman–Crippen MR) is 112 cm³/mol. The molecule has 1 aromatic heterocycles. The second-order valence-electron chi connectivity index (χ2n) is 8.34. The van der Waals surface area contributed by atoms with Gasteiger partial charge in [0.05, 0.1) is 0 Å². The van der Waals surface area contributed by atoms with Gasteiger partial charge in [-0.05, 0) is 24.8 Å². The van der Waals surface area contributed by atoms with Crippen LogP contribution in [0.2, 0.25) is 0 Å². The summed E-state index contributed by atoms with van der Waals surface area (Å²) < 4.78 is 0. The summed E-state index contributed by atoms with van der Waals surface area (Å²) in [6.07, 6.45) is 3.83. The highest BCUT2D eigenvalue weighted by Gasteiger charge is 2.35. The molecule has 1 aliphatic rings. The zero-order valence-corrected chi connectivity index (χ0v) is 17.5. The van der Waals surface area contributed by atoms with Gasteiger partial charge in [-0.15, -0.1) is 0 Å². The van der Waals surface area contributed by atoms with Crippen molar-refractivity contribution in [2.75, 3.05) is 27.2 Å². The van der Waals surface area contributed by atoms with Gasteiger partial charge in [-0.2, -0.15) is 0 Å². The molecule has 0 saturated carbocycles. The fourth-order valence-corrected chi connectivity index (χ4v) is 3.79. The molecule has 1 fully saturated rings. The monoisotopic (exact) mass is 381 g/mol. The smallest absolute Gasteiger partial charge is 0.317 e. The van der Waals surface area contributed by atoms with Crippen LogP contribution < -0.4 is 5.32 Å². The molecule has 1 aliphatic heterocycles. The first-order chi connectivity index (χ1) is 13.3. The third-order valence-corrected chi connectivity index (χ3v) is 5.40. The molecule has 1 saturated heterocycles. The summed E-state index contributed by atoms with van der Waals surface area (Å²) in [5.74, 6) is 1.71. The number of hydrogen-bond acceptors (Lipinski definition) is 4. The molecule has 3 rings (SSSR count). The van der Waals surface area contributed by atoms with E-state index >= 15 is 0 Å². The van der Waals surface area contributed by atoms with Gasteiger partial charge in [0.1, 0.15) is 0 Å². The van der Waals surface area contributed by atoms with Gasteiger partial charge >= 0.3 is 6.03 Å². The van der Waals surface area contributed by atoms with Crippen LogP contribution >= 0.6 is 0 Å². The summed E-state index contributed by atoms with van der Waals surface area (Å²) in [4.78, 5) is 25.2. The molecule has 6 heteroatoms. The van der Waals surface area contributed by atoms with Crippen molar-refractivity contribution in [2.45, 2.75) is 33.4 Å². The van der Waals surface area contributed by atoms with Gasteiger partial charge in [-0.25, -0.2) is 14.8 Å². The average Bonchev–Trinajstić information content (AvgIpc) is 3.04. The van der Waals surface area contributed by atoms with Crippen molar-refractivity contribution in [3.05, 3.63) is 47.8 Å². The second kappa shape index (κ2) is 8.69. The van der Waals surface area contributed by atoms with Crippen LogP contribution in [0.4, 0.5) is 4.79 Å². The van der Waals surface area contributed by atoms with E-state index in [2.05, 4.69) is 53.1 Å². The van der Waals surface area contributed by atoms with Gasteiger partial charge in [0.15, 0.2) is 5.82 Å². The number of carbonyl (C=O) groups excluding carboxylic acids is 1. The molecular formula is C22H31N5O. The van der Waals surface area contributed by atoms with E-state index in [1.54, 1.807) is 19.0 Å². The molecule has 150 valence electrons. The standard InChI is InChI=1S/C22H31N5O/c1-15(2)19-13-27(14-20(19)25-22(28)26(4)5)12-17-10-23-21(24-11-17)18-8-6-7-16(3)9-18/h6-11,15,19-20H,12-14H2,1-5H3,(H,25,28)/t19-,20+/m0/s1. The Morgan fingerprint density at radius 2 is 1.96 bits per heavy atom. The lowest BCUT2D eigenvalue weighted by Crippen LogP contribution is -2.46. The number of hydrogen-bond donors (Lipinski definition) is 1. The molecule has 28 heavy (non-hydrogen) atoms. The molecule has 2 heterocycles. The average molecular weight is 382 g/mol. The van der Waals surface area contributed by atoms with Crippen LogP contribution in [0.5, 0.6) is 0 Å². The van der Waals surface area contributed by atoms with Crippen molar-refractivity contribution < 1.29 is 4.79 Å². The summed E-state index contributed by atoms with van der Waals surface area (Å²) in [6, 6.07) is 8.38. The van der Waals surface area contributed by atoms with Gasteiger partial charge in [0, 0.05) is 63.3 Å². The number of rotatable bonds is 5. The molecule has 0 aliphatic carbocycles. The van der Waals surface area contributed by atoms with Crippen molar-refractivity contribution in [3.63, 3.8) is 0 Å².